The van der Waals surface area contributed by atoms with Crippen molar-refractivity contribution in [1.82, 2.24) is 15.3 Å². The van der Waals surface area contributed by atoms with Crippen LogP contribution >= 0.6 is 11.3 Å². The number of hydrogen-bond donors (Lipinski definition) is 1. The summed E-state index contributed by atoms with van der Waals surface area (Å²) in [6.45, 7) is -0.0807. The summed E-state index contributed by atoms with van der Waals surface area (Å²) in [4.78, 5) is 21.7. The number of piperidine rings is 1. The van der Waals surface area contributed by atoms with Gasteiger partial charge in [-0.1, -0.05) is 18.2 Å². The van der Waals surface area contributed by atoms with Crippen LogP contribution in [0.2, 0.25) is 0 Å². The van der Waals surface area contributed by atoms with Gasteiger partial charge in [-0.3, -0.25) is 4.79 Å². The molecule has 168 valence electrons. The second-order valence-corrected chi connectivity index (χ2v) is 8.51. The fourth-order valence-corrected chi connectivity index (χ4v) is 4.49. The maximum Gasteiger partial charge on any atom is 0.287 e. The van der Waals surface area contributed by atoms with Gasteiger partial charge in [0.05, 0.1) is 16.7 Å². The molecule has 1 aliphatic heterocycles. The number of benzene rings is 2. The number of para-hydroxylation sites is 1. The first-order chi connectivity index (χ1) is 15.9. The third-order valence-electron chi connectivity index (χ3n) is 5.56. The number of halogens is 3. The highest BCUT2D eigenvalue weighted by Crippen LogP contribution is 2.33. The molecular formula is C24H18F3N3O2S. The van der Waals surface area contributed by atoms with E-state index in [2.05, 4.69) is 15.3 Å². The molecule has 2 atom stereocenters. The molecule has 0 bridgehead atoms. The smallest absolute Gasteiger partial charge is 0.287 e. The maximum absolute atomic E-state index is 14.9. The molecule has 33 heavy (non-hydrogen) atoms. The van der Waals surface area contributed by atoms with Crippen molar-refractivity contribution >= 4 is 28.0 Å². The number of rotatable bonds is 5. The number of nitrogens with one attached hydrogen (secondary N) is 1. The predicted octanol–water partition coefficient (Wildman–Crippen LogP) is 5.12. The second kappa shape index (κ2) is 8.57. The fraction of sp³-hybridized carbons (Fsp3) is 0.208. The van der Waals surface area contributed by atoms with Crippen molar-refractivity contribution < 1.29 is 22.7 Å². The number of thiazole rings is 1. The van der Waals surface area contributed by atoms with E-state index in [-0.39, 0.29) is 18.0 Å². The highest BCUT2D eigenvalue weighted by atomic mass is 32.1. The minimum absolute atomic E-state index is 0.0118. The lowest BCUT2D eigenvalue weighted by atomic mass is 9.90. The number of aromatic nitrogens is 2. The molecule has 0 saturated carbocycles. The minimum atomic E-state index is -3.29. The Bertz CT molecular complexity index is 1310. The van der Waals surface area contributed by atoms with Crippen LogP contribution in [0.1, 0.15) is 16.8 Å². The van der Waals surface area contributed by atoms with Gasteiger partial charge in [-0.25, -0.2) is 23.1 Å². The molecule has 3 heterocycles. The maximum atomic E-state index is 14.9. The molecule has 2 unspecified atom stereocenters. The number of ether oxygens (including phenoxy) is 1. The molecule has 0 aliphatic carbocycles. The molecule has 0 amide bonds. The molecule has 0 radical (unpaired) electrons. The molecule has 0 spiro atoms. The number of fused-ring (bicyclic) bond motifs is 1. The van der Waals surface area contributed by atoms with E-state index in [1.807, 2.05) is 12.1 Å². The summed E-state index contributed by atoms with van der Waals surface area (Å²) >= 11 is 1.33. The minimum Gasteiger partial charge on any atom is -0.466 e. The first-order valence-corrected chi connectivity index (χ1v) is 11.2. The Balaban J connectivity index is 1.48. The van der Waals surface area contributed by atoms with Crippen LogP contribution in [0.5, 0.6) is 5.88 Å². The summed E-state index contributed by atoms with van der Waals surface area (Å²) in [6, 6.07) is 12.8. The zero-order chi connectivity index (χ0) is 23.0. The number of Topliss-reactive ketones (excluding diaryl/α,β-unsaturated/α-hetero) is 1. The number of ketones is 1. The third-order valence-corrected chi connectivity index (χ3v) is 6.14. The summed E-state index contributed by atoms with van der Waals surface area (Å²) < 4.78 is 49.8. The number of alkyl halides is 2. The van der Waals surface area contributed by atoms with E-state index < -0.39 is 36.1 Å². The van der Waals surface area contributed by atoms with E-state index in [0.717, 1.165) is 11.5 Å². The van der Waals surface area contributed by atoms with Gasteiger partial charge in [-0.2, -0.15) is 0 Å². The molecule has 2 aromatic heterocycles. The van der Waals surface area contributed by atoms with Gasteiger partial charge in [0.15, 0.2) is 11.9 Å². The van der Waals surface area contributed by atoms with E-state index in [9.17, 15) is 18.0 Å². The molecule has 4 aromatic rings. The molecule has 5 nitrogen and oxygen atoms in total. The normalized spacial score (nSPS) is 20.0. The average Bonchev–Trinajstić information content (AvgIpc) is 3.34. The lowest BCUT2D eigenvalue weighted by molar-refractivity contribution is -0.124. The van der Waals surface area contributed by atoms with E-state index in [1.54, 1.807) is 29.1 Å². The highest BCUT2D eigenvalue weighted by Gasteiger charge is 2.52. The zero-order valence-electron chi connectivity index (χ0n) is 17.2. The number of carbonyl (C=O) groups excluding carboxylic acids is 1. The summed E-state index contributed by atoms with van der Waals surface area (Å²) in [5.74, 6) is -4.64. The van der Waals surface area contributed by atoms with Gasteiger partial charge in [0.1, 0.15) is 11.9 Å². The van der Waals surface area contributed by atoms with Crippen LogP contribution in [0.25, 0.3) is 22.2 Å². The van der Waals surface area contributed by atoms with Gasteiger partial charge < -0.3 is 10.1 Å². The van der Waals surface area contributed by atoms with Crippen molar-refractivity contribution in [3.05, 3.63) is 76.9 Å². The topological polar surface area (TPSA) is 64.1 Å². The quantitative estimate of drug-likeness (QED) is 0.411. The van der Waals surface area contributed by atoms with Crippen molar-refractivity contribution in [2.24, 2.45) is 0 Å². The second-order valence-electron chi connectivity index (χ2n) is 7.79. The molecule has 1 saturated heterocycles. The Morgan fingerprint density at radius 2 is 2.00 bits per heavy atom. The molecule has 1 N–H and O–H groups in total. The number of pyridine rings is 1. The monoisotopic (exact) mass is 469 g/mol. The fourth-order valence-electron chi connectivity index (χ4n) is 3.93. The average molecular weight is 469 g/mol. The predicted molar refractivity (Wildman–Crippen MR) is 119 cm³/mol. The summed E-state index contributed by atoms with van der Waals surface area (Å²) in [6.07, 6.45) is -2.30. The third kappa shape index (κ3) is 4.34. The van der Waals surface area contributed by atoms with E-state index in [1.165, 1.54) is 29.5 Å². The number of hydrogen-bond acceptors (Lipinski definition) is 6. The van der Waals surface area contributed by atoms with E-state index >= 15 is 0 Å². The van der Waals surface area contributed by atoms with Crippen molar-refractivity contribution in [3.8, 4) is 17.1 Å². The van der Waals surface area contributed by atoms with Crippen molar-refractivity contribution in [2.45, 2.75) is 24.5 Å². The van der Waals surface area contributed by atoms with E-state index in [0.29, 0.717) is 16.8 Å². The summed E-state index contributed by atoms with van der Waals surface area (Å²) in [5, 5.41) is 5.39. The largest absolute Gasteiger partial charge is 0.466 e. The number of carbonyl (C=O) groups is 1. The first-order valence-electron chi connectivity index (χ1n) is 10.3. The Labute approximate surface area is 191 Å². The van der Waals surface area contributed by atoms with Gasteiger partial charge in [0.25, 0.3) is 5.92 Å². The van der Waals surface area contributed by atoms with Crippen LogP contribution in [0, 0.1) is 5.82 Å². The van der Waals surface area contributed by atoms with Gasteiger partial charge in [0, 0.05) is 40.9 Å². The van der Waals surface area contributed by atoms with Crippen molar-refractivity contribution in [1.29, 1.82) is 0 Å². The molecular weight excluding hydrogens is 451 g/mol. The van der Waals surface area contributed by atoms with Gasteiger partial charge in [0.2, 0.25) is 5.88 Å². The van der Waals surface area contributed by atoms with Gasteiger partial charge in [-0.15, -0.1) is 11.3 Å². The van der Waals surface area contributed by atoms with E-state index in [4.69, 9.17) is 4.74 Å². The first kappa shape index (κ1) is 21.5. The Hall–Kier alpha value is -3.30. The number of nitrogens with zero attached hydrogens (tertiary/aromatic N) is 2. The lowest BCUT2D eigenvalue weighted by Gasteiger charge is -2.37. The van der Waals surface area contributed by atoms with Gasteiger partial charge >= 0.3 is 0 Å². The van der Waals surface area contributed by atoms with Gasteiger partial charge in [-0.05, 0) is 30.3 Å². The van der Waals surface area contributed by atoms with Crippen LogP contribution in [0.15, 0.2) is 65.5 Å². The Morgan fingerprint density at radius 1 is 1.15 bits per heavy atom. The molecule has 9 heteroatoms. The molecule has 1 aliphatic rings. The van der Waals surface area contributed by atoms with Crippen LogP contribution < -0.4 is 10.1 Å². The summed E-state index contributed by atoms with van der Waals surface area (Å²) in [5.41, 5.74) is 3.04. The SMILES string of the molecule is O=C(c1cc(F)cc(-c2cscn2)c1)C1NCCC(F)(F)C1Oc1ccc2ccccc2n1. The lowest BCUT2D eigenvalue weighted by Crippen LogP contribution is -2.61. The van der Waals surface area contributed by atoms with Crippen molar-refractivity contribution in [3.63, 3.8) is 0 Å². The van der Waals surface area contributed by atoms with Crippen molar-refractivity contribution in [2.75, 3.05) is 6.54 Å². The van der Waals surface area contributed by atoms with Crippen LogP contribution in [0.4, 0.5) is 13.2 Å². The molecule has 2 aromatic carbocycles. The standard InChI is InChI=1S/C24H18F3N3O2S/c25-17-10-15(19-12-33-13-29-19)9-16(11-17)22(31)21-23(24(26,27)7-8-28-21)32-20-6-5-14-3-1-2-4-18(14)30-20/h1-6,9-13,21,23,28H,7-8H2. The zero-order valence-corrected chi connectivity index (χ0v) is 18.0. The van der Waals surface area contributed by atoms with Crippen LogP contribution in [-0.2, 0) is 0 Å². The Morgan fingerprint density at radius 3 is 2.82 bits per heavy atom. The van der Waals surface area contributed by atoms with Crippen LogP contribution in [0.3, 0.4) is 0 Å². The van der Waals surface area contributed by atoms with Crippen LogP contribution in [-0.4, -0.2) is 40.4 Å². The highest BCUT2D eigenvalue weighted by molar-refractivity contribution is 7.07. The summed E-state index contributed by atoms with van der Waals surface area (Å²) in [7, 11) is 0. The Kier molecular flexibility index (Phi) is 5.59. The molecule has 5 rings (SSSR count). The molecule has 1 fully saturated rings.